The number of fused-ring (bicyclic) bond motifs is 1. The van der Waals surface area contributed by atoms with Gasteiger partial charge in [0, 0.05) is 12.0 Å². The molecule has 2 N–H and O–H groups in total. The molecular weight excluding hydrogens is 428 g/mol. The minimum absolute atomic E-state index is 0.00812. The van der Waals surface area contributed by atoms with Crippen LogP contribution in [0.3, 0.4) is 0 Å². The second-order valence-electron chi connectivity index (χ2n) is 8.88. The molecule has 2 aromatic rings. The summed E-state index contributed by atoms with van der Waals surface area (Å²) in [4.78, 5) is 24.3. The zero-order valence-electron chi connectivity index (χ0n) is 20.4. The molecule has 182 valence electrons. The summed E-state index contributed by atoms with van der Waals surface area (Å²) < 4.78 is 10.5. The van der Waals surface area contributed by atoms with E-state index in [0.717, 1.165) is 55.4 Å². The number of methoxy groups -OCH3 is 2. The number of carbonyl (C=O) groups excluding carboxylic acids is 2. The third-order valence-corrected chi connectivity index (χ3v) is 6.39. The molecule has 0 aliphatic carbocycles. The third kappa shape index (κ3) is 6.94. The standard InChI is InChI=1S/C28H36N2O4/c1-20(19-31)7-6-10-26(28-25-12-11-24(34-3)17-23(25)13-15-29-28)30-27(32)18-22-9-5-4-8-21(22)14-16-33-2/h4-5,8-9,11-12,14,16-17,19-20,26,28-29H,6-7,10,13,15,18H2,1-3H3,(H,30,32)/b16-14-. The molecule has 1 heterocycles. The van der Waals surface area contributed by atoms with Crippen molar-refractivity contribution < 1.29 is 19.1 Å². The first-order valence-electron chi connectivity index (χ1n) is 12.0. The molecule has 3 rings (SSSR count). The lowest BCUT2D eigenvalue weighted by Crippen LogP contribution is -2.47. The first kappa shape index (κ1) is 25.5. The summed E-state index contributed by atoms with van der Waals surface area (Å²) in [5.74, 6) is 0.848. The summed E-state index contributed by atoms with van der Waals surface area (Å²) in [6, 6.07) is 13.9. The first-order chi connectivity index (χ1) is 16.5. The van der Waals surface area contributed by atoms with E-state index in [1.165, 1.54) is 11.1 Å². The van der Waals surface area contributed by atoms with Crippen LogP contribution in [-0.4, -0.2) is 39.0 Å². The van der Waals surface area contributed by atoms with Crippen molar-refractivity contribution in [3.63, 3.8) is 0 Å². The molecule has 0 radical (unpaired) electrons. The summed E-state index contributed by atoms with van der Waals surface area (Å²) in [5.41, 5.74) is 4.36. The van der Waals surface area contributed by atoms with Crippen LogP contribution >= 0.6 is 0 Å². The molecule has 34 heavy (non-hydrogen) atoms. The SMILES string of the molecule is CO/C=C\c1ccccc1CC(=O)NC(CCCC(C)C=O)C1NCCc2cc(OC)ccc21. The Labute approximate surface area is 202 Å². The van der Waals surface area contributed by atoms with Crippen molar-refractivity contribution in [2.75, 3.05) is 20.8 Å². The van der Waals surface area contributed by atoms with E-state index in [9.17, 15) is 9.59 Å². The number of hydrogen-bond donors (Lipinski definition) is 2. The van der Waals surface area contributed by atoms with Gasteiger partial charge in [0.1, 0.15) is 12.0 Å². The zero-order valence-corrected chi connectivity index (χ0v) is 20.4. The van der Waals surface area contributed by atoms with Crippen molar-refractivity contribution in [3.05, 3.63) is 71.0 Å². The van der Waals surface area contributed by atoms with Gasteiger partial charge in [-0.3, -0.25) is 4.79 Å². The quantitative estimate of drug-likeness (QED) is 0.363. The van der Waals surface area contributed by atoms with Gasteiger partial charge in [0.05, 0.1) is 32.9 Å². The Morgan fingerprint density at radius 3 is 2.79 bits per heavy atom. The lowest BCUT2D eigenvalue weighted by atomic mass is 9.87. The third-order valence-electron chi connectivity index (χ3n) is 6.39. The predicted octanol–water partition coefficient (Wildman–Crippen LogP) is 4.23. The molecule has 6 nitrogen and oxygen atoms in total. The Bertz CT molecular complexity index is 988. The maximum Gasteiger partial charge on any atom is 0.224 e. The molecule has 1 amide bonds. The topological polar surface area (TPSA) is 76.7 Å². The molecule has 0 saturated heterocycles. The van der Waals surface area contributed by atoms with Crippen molar-refractivity contribution in [2.45, 2.75) is 51.1 Å². The number of nitrogens with one attached hydrogen (secondary N) is 2. The minimum atomic E-state index is -0.0829. The zero-order chi connectivity index (χ0) is 24.3. The van der Waals surface area contributed by atoms with Gasteiger partial charge in [0.2, 0.25) is 5.91 Å². The number of ether oxygens (including phenoxy) is 2. The van der Waals surface area contributed by atoms with Crippen molar-refractivity contribution >= 4 is 18.3 Å². The average molecular weight is 465 g/mol. The van der Waals surface area contributed by atoms with E-state index in [-0.39, 0.29) is 30.3 Å². The van der Waals surface area contributed by atoms with Crippen molar-refractivity contribution in [1.82, 2.24) is 10.6 Å². The fourth-order valence-corrected chi connectivity index (χ4v) is 4.54. The molecule has 1 aliphatic rings. The van der Waals surface area contributed by atoms with Crippen LogP contribution in [0.4, 0.5) is 0 Å². The van der Waals surface area contributed by atoms with Gasteiger partial charge in [0.15, 0.2) is 0 Å². The molecule has 1 aliphatic heterocycles. The molecule has 0 saturated carbocycles. The van der Waals surface area contributed by atoms with Gasteiger partial charge in [-0.25, -0.2) is 0 Å². The van der Waals surface area contributed by atoms with Gasteiger partial charge in [-0.2, -0.15) is 0 Å². The van der Waals surface area contributed by atoms with Crippen LogP contribution in [0.15, 0.2) is 48.7 Å². The molecule has 3 atom stereocenters. The smallest absolute Gasteiger partial charge is 0.224 e. The lowest BCUT2D eigenvalue weighted by Gasteiger charge is -2.34. The summed E-state index contributed by atoms with van der Waals surface area (Å²) in [5, 5.41) is 6.92. The predicted molar refractivity (Wildman–Crippen MR) is 135 cm³/mol. The Hall–Kier alpha value is -3.12. The number of hydrogen-bond acceptors (Lipinski definition) is 5. The molecular formula is C28H36N2O4. The van der Waals surface area contributed by atoms with Crippen LogP contribution < -0.4 is 15.4 Å². The number of benzene rings is 2. The van der Waals surface area contributed by atoms with Crippen LogP contribution in [0.2, 0.25) is 0 Å². The van der Waals surface area contributed by atoms with Gasteiger partial charge >= 0.3 is 0 Å². The molecule has 0 bridgehead atoms. The van der Waals surface area contributed by atoms with Crippen molar-refractivity contribution in [2.24, 2.45) is 5.92 Å². The summed E-state index contributed by atoms with van der Waals surface area (Å²) in [6.07, 6.45) is 8.15. The lowest BCUT2D eigenvalue weighted by molar-refractivity contribution is -0.121. The fourth-order valence-electron chi connectivity index (χ4n) is 4.54. The molecule has 2 aromatic carbocycles. The molecule has 0 aromatic heterocycles. The van der Waals surface area contributed by atoms with E-state index < -0.39 is 0 Å². The fraction of sp³-hybridized carbons (Fsp3) is 0.429. The Morgan fingerprint density at radius 2 is 2.03 bits per heavy atom. The van der Waals surface area contributed by atoms with E-state index in [1.807, 2.05) is 43.3 Å². The monoisotopic (exact) mass is 464 g/mol. The normalized spacial score (nSPS) is 17.0. The van der Waals surface area contributed by atoms with E-state index in [1.54, 1.807) is 20.5 Å². The molecule has 6 heteroatoms. The van der Waals surface area contributed by atoms with Crippen LogP contribution in [0, 0.1) is 5.92 Å². The summed E-state index contributed by atoms with van der Waals surface area (Å²) >= 11 is 0. The maximum absolute atomic E-state index is 13.2. The number of carbonyl (C=O) groups is 2. The van der Waals surface area contributed by atoms with Gasteiger partial charge in [-0.15, -0.1) is 0 Å². The summed E-state index contributed by atoms with van der Waals surface area (Å²) in [6.45, 7) is 2.78. The van der Waals surface area contributed by atoms with E-state index in [2.05, 4.69) is 22.8 Å². The van der Waals surface area contributed by atoms with Crippen LogP contribution in [-0.2, 0) is 27.2 Å². The second-order valence-corrected chi connectivity index (χ2v) is 8.88. The minimum Gasteiger partial charge on any atom is -0.504 e. The van der Waals surface area contributed by atoms with Crippen LogP contribution in [0.5, 0.6) is 5.75 Å². The highest BCUT2D eigenvalue weighted by molar-refractivity contribution is 5.80. The first-order valence-corrected chi connectivity index (χ1v) is 12.0. The number of rotatable bonds is 12. The Kier molecular flexibility index (Phi) is 9.71. The van der Waals surface area contributed by atoms with E-state index in [0.29, 0.717) is 0 Å². The van der Waals surface area contributed by atoms with Gasteiger partial charge in [-0.05, 0) is 66.3 Å². The average Bonchev–Trinajstić information content (AvgIpc) is 2.86. The molecule has 0 fully saturated rings. The van der Waals surface area contributed by atoms with Crippen molar-refractivity contribution in [3.8, 4) is 5.75 Å². The van der Waals surface area contributed by atoms with Gasteiger partial charge in [-0.1, -0.05) is 43.7 Å². The highest BCUT2D eigenvalue weighted by Crippen LogP contribution is 2.30. The largest absolute Gasteiger partial charge is 0.504 e. The molecule has 0 spiro atoms. The van der Waals surface area contributed by atoms with Gasteiger partial charge < -0.3 is 24.9 Å². The van der Waals surface area contributed by atoms with E-state index in [4.69, 9.17) is 9.47 Å². The molecule has 3 unspecified atom stereocenters. The van der Waals surface area contributed by atoms with E-state index >= 15 is 0 Å². The number of aldehydes is 1. The van der Waals surface area contributed by atoms with Crippen molar-refractivity contribution in [1.29, 1.82) is 0 Å². The highest BCUT2D eigenvalue weighted by atomic mass is 16.5. The Balaban J connectivity index is 1.78. The Morgan fingerprint density at radius 1 is 1.21 bits per heavy atom. The second kappa shape index (κ2) is 12.9. The van der Waals surface area contributed by atoms with Crippen LogP contribution in [0.25, 0.3) is 6.08 Å². The summed E-state index contributed by atoms with van der Waals surface area (Å²) in [7, 11) is 3.28. The van der Waals surface area contributed by atoms with Gasteiger partial charge in [0.25, 0.3) is 0 Å². The maximum atomic E-state index is 13.2. The number of amides is 1. The van der Waals surface area contributed by atoms with Crippen LogP contribution in [0.1, 0.15) is 54.5 Å². The highest BCUT2D eigenvalue weighted by Gasteiger charge is 2.29.